The molecule has 1 N–H and O–H groups in total. The average Bonchev–Trinajstić information content (AvgIpc) is 2.84. The zero-order chi connectivity index (χ0) is 23.9. The molecule has 0 aromatic heterocycles. The third-order valence-electron chi connectivity index (χ3n) is 5.69. The summed E-state index contributed by atoms with van der Waals surface area (Å²) < 4.78 is 0. The van der Waals surface area contributed by atoms with Gasteiger partial charge in [-0.1, -0.05) is 116 Å². The van der Waals surface area contributed by atoms with Crippen LogP contribution in [0.1, 0.15) is 55.4 Å². The van der Waals surface area contributed by atoms with E-state index in [1.54, 1.807) is 0 Å². The van der Waals surface area contributed by atoms with E-state index in [1.165, 1.54) is 33.4 Å². The molecule has 3 rings (SSSR count). The lowest BCUT2D eigenvalue weighted by Crippen LogP contribution is -2.25. The van der Waals surface area contributed by atoms with Gasteiger partial charge in [0.2, 0.25) is 6.41 Å². The van der Waals surface area contributed by atoms with Crippen LogP contribution in [0.15, 0.2) is 84.9 Å². The highest BCUT2D eigenvalue weighted by atomic mass is 16.1. The molecule has 0 fully saturated rings. The van der Waals surface area contributed by atoms with Gasteiger partial charge in [0.1, 0.15) is 0 Å². The number of allylic oxidation sites excluding steroid dienone is 1. The van der Waals surface area contributed by atoms with Crippen LogP contribution in [0.2, 0.25) is 0 Å². The molecular formula is C31H39NO. The number of nitrogens with one attached hydrogen (secondary N) is 1. The molecule has 1 atom stereocenters. The van der Waals surface area contributed by atoms with Crippen molar-refractivity contribution in [3.05, 3.63) is 107 Å². The van der Waals surface area contributed by atoms with E-state index >= 15 is 0 Å². The summed E-state index contributed by atoms with van der Waals surface area (Å²) in [5.41, 5.74) is 7.91. The first kappa shape index (κ1) is 26.1. The summed E-state index contributed by atoms with van der Waals surface area (Å²) in [5.74, 6) is 0. The van der Waals surface area contributed by atoms with Gasteiger partial charge in [0.05, 0.1) is 0 Å². The highest BCUT2D eigenvalue weighted by molar-refractivity contribution is 5.64. The van der Waals surface area contributed by atoms with Crippen molar-refractivity contribution in [3.8, 4) is 11.1 Å². The first-order valence-electron chi connectivity index (χ1n) is 12.1. The summed E-state index contributed by atoms with van der Waals surface area (Å²) >= 11 is 0. The maximum atomic E-state index is 10.6. The zero-order valence-corrected chi connectivity index (χ0v) is 20.7. The van der Waals surface area contributed by atoms with Gasteiger partial charge < -0.3 is 5.32 Å². The van der Waals surface area contributed by atoms with Gasteiger partial charge in [-0.15, -0.1) is 0 Å². The summed E-state index contributed by atoms with van der Waals surface area (Å²) in [7, 11) is 0. The number of rotatable bonds is 10. The Kier molecular flexibility index (Phi) is 11.7. The topological polar surface area (TPSA) is 29.1 Å². The van der Waals surface area contributed by atoms with E-state index in [0.29, 0.717) is 0 Å². The molecule has 174 valence electrons. The predicted octanol–water partition coefficient (Wildman–Crippen LogP) is 7.62. The van der Waals surface area contributed by atoms with Crippen LogP contribution in [0, 0.1) is 13.8 Å². The molecule has 0 aliphatic heterocycles. The standard InChI is InChI=1S/C22H27NO.C9H12/c1-3-7-22(23-17-24)11-5-4-8-19-9-6-10-21(16-19)20-14-12-18(2)13-15-20;1-3-9-6-4-8(2)5-7-9/h5-6,9-17,22H,3-4,7-8H2,1-2H3,(H,23,24);4-7H,3H2,1-2H3/b11-5+;. The number of hydrogen-bond donors (Lipinski definition) is 1. The molecule has 0 aliphatic carbocycles. The molecule has 2 heteroatoms. The maximum absolute atomic E-state index is 10.6. The Morgan fingerprint density at radius 1 is 0.818 bits per heavy atom. The van der Waals surface area contributed by atoms with E-state index in [9.17, 15) is 4.79 Å². The van der Waals surface area contributed by atoms with Crippen LogP contribution < -0.4 is 5.32 Å². The van der Waals surface area contributed by atoms with Crippen molar-refractivity contribution < 1.29 is 4.79 Å². The fraction of sp³-hybridized carbons (Fsp3) is 0.323. The first-order chi connectivity index (χ1) is 16.0. The molecule has 3 aromatic rings. The van der Waals surface area contributed by atoms with Crippen molar-refractivity contribution in [3.63, 3.8) is 0 Å². The second-order valence-electron chi connectivity index (χ2n) is 8.55. The van der Waals surface area contributed by atoms with Gasteiger partial charge in [-0.05, 0) is 61.8 Å². The average molecular weight is 442 g/mol. The third-order valence-corrected chi connectivity index (χ3v) is 5.69. The summed E-state index contributed by atoms with van der Waals surface area (Å²) in [6, 6.07) is 26.2. The molecule has 2 nitrogen and oxygen atoms in total. The fourth-order valence-corrected chi connectivity index (χ4v) is 3.62. The van der Waals surface area contributed by atoms with E-state index in [2.05, 4.69) is 118 Å². The Labute approximate surface area is 200 Å². The molecule has 33 heavy (non-hydrogen) atoms. The van der Waals surface area contributed by atoms with E-state index in [1.807, 2.05) is 0 Å². The Morgan fingerprint density at radius 2 is 1.48 bits per heavy atom. The number of amides is 1. The highest BCUT2D eigenvalue weighted by Gasteiger charge is 2.01. The molecule has 0 bridgehead atoms. The molecular weight excluding hydrogens is 402 g/mol. The van der Waals surface area contributed by atoms with Gasteiger partial charge in [0.15, 0.2) is 0 Å². The molecule has 1 amide bonds. The Morgan fingerprint density at radius 3 is 2.09 bits per heavy atom. The monoisotopic (exact) mass is 441 g/mol. The lowest BCUT2D eigenvalue weighted by atomic mass is 10.00. The van der Waals surface area contributed by atoms with Crippen molar-refractivity contribution in [2.24, 2.45) is 0 Å². The molecule has 0 spiro atoms. The summed E-state index contributed by atoms with van der Waals surface area (Å²) in [6.45, 7) is 8.52. The maximum Gasteiger partial charge on any atom is 0.207 e. The van der Waals surface area contributed by atoms with Crippen molar-refractivity contribution >= 4 is 6.41 Å². The second kappa shape index (κ2) is 14.8. The molecule has 1 unspecified atom stereocenters. The number of aryl methyl sites for hydroxylation is 4. The minimum Gasteiger partial charge on any atom is -0.352 e. The number of hydrogen-bond acceptors (Lipinski definition) is 1. The van der Waals surface area contributed by atoms with Crippen LogP contribution in [0.25, 0.3) is 11.1 Å². The number of carbonyl (C=O) groups excluding carboxylic acids is 1. The molecule has 0 saturated heterocycles. The van der Waals surface area contributed by atoms with Crippen LogP contribution >= 0.6 is 0 Å². The van der Waals surface area contributed by atoms with Crippen molar-refractivity contribution in [2.45, 2.75) is 65.8 Å². The minimum atomic E-state index is 0.159. The van der Waals surface area contributed by atoms with Gasteiger partial charge >= 0.3 is 0 Å². The van der Waals surface area contributed by atoms with Crippen LogP contribution in [0.5, 0.6) is 0 Å². The lowest BCUT2D eigenvalue weighted by molar-refractivity contribution is -0.109. The second-order valence-corrected chi connectivity index (χ2v) is 8.55. The summed E-state index contributed by atoms with van der Waals surface area (Å²) in [5, 5.41) is 2.85. The van der Waals surface area contributed by atoms with Gasteiger partial charge in [-0.25, -0.2) is 0 Å². The van der Waals surface area contributed by atoms with E-state index in [4.69, 9.17) is 0 Å². The van der Waals surface area contributed by atoms with Crippen LogP contribution in [0.3, 0.4) is 0 Å². The summed E-state index contributed by atoms with van der Waals surface area (Å²) in [6.07, 6.45) is 10.3. The van der Waals surface area contributed by atoms with Crippen molar-refractivity contribution in [1.82, 2.24) is 5.32 Å². The Hall–Kier alpha value is -3.13. The van der Waals surface area contributed by atoms with Crippen LogP contribution in [-0.2, 0) is 17.6 Å². The van der Waals surface area contributed by atoms with Gasteiger partial charge in [-0.3, -0.25) is 4.79 Å². The van der Waals surface area contributed by atoms with Crippen molar-refractivity contribution in [2.75, 3.05) is 0 Å². The van der Waals surface area contributed by atoms with Gasteiger partial charge in [-0.2, -0.15) is 0 Å². The Balaban J connectivity index is 0.000000357. The third kappa shape index (κ3) is 9.91. The fourth-order valence-electron chi connectivity index (χ4n) is 3.62. The number of benzene rings is 3. The van der Waals surface area contributed by atoms with Crippen LogP contribution in [-0.4, -0.2) is 12.5 Å². The lowest BCUT2D eigenvalue weighted by Gasteiger charge is -2.09. The highest BCUT2D eigenvalue weighted by Crippen LogP contribution is 2.21. The smallest absolute Gasteiger partial charge is 0.207 e. The first-order valence-corrected chi connectivity index (χ1v) is 12.1. The quantitative estimate of drug-likeness (QED) is 0.254. The molecule has 3 aromatic carbocycles. The van der Waals surface area contributed by atoms with E-state index < -0.39 is 0 Å². The number of carbonyl (C=O) groups is 1. The molecule has 0 saturated carbocycles. The van der Waals surface area contributed by atoms with E-state index in [0.717, 1.165) is 38.5 Å². The Bertz CT molecular complexity index is 971. The molecule has 0 radical (unpaired) electrons. The zero-order valence-electron chi connectivity index (χ0n) is 20.7. The van der Waals surface area contributed by atoms with Gasteiger partial charge in [0, 0.05) is 6.04 Å². The SMILES string of the molecule is CCCC(/C=C/CCc1cccc(-c2ccc(C)cc2)c1)NC=O.CCc1ccc(C)cc1. The molecule has 0 aliphatic rings. The van der Waals surface area contributed by atoms with Gasteiger partial charge in [0.25, 0.3) is 0 Å². The molecule has 0 heterocycles. The van der Waals surface area contributed by atoms with Crippen molar-refractivity contribution in [1.29, 1.82) is 0 Å². The largest absolute Gasteiger partial charge is 0.352 e. The van der Waals surface area contributed by atoms with E-state index in [-0.39, 0.29) is 6.04 Å². The normalized spacial score (nSPS) is 11.5. The summed E-state index contributed by atoms with van der Waals surface area (Å²) in [4.78, 5) is 10.6. The minimum absolute atomic E-state index is 0.159. The predicted molar refractivity (Wildman–Crippen MR) is 143 cm³/mol. The van der Waals surface area contributed by atoms with Crippen LogP contribution in [0.4, 0.5) is 0 Å².